The molecule has 0 aliphatic rings. The molecule has 0 radical (unpaired) electrons. The Balaban J connectivity index is 1.61. The summed E-state index contributed by atoms with van der Waals surface area (Å²) in [6.45, 7) is 2.84. The molecule has 0 spiro atoms. The molecule has 0 fully saturated rings. The summed E-state index contributed by atoms with van der Waals surface area (Å²) in [5, 5.41) is 4.21. The first-order chi connectivity index (χ1) is 11.3. The van der Waals surface area contributed by atoms with Gasteiger partial charge in [0.2, 0.25) is 5.91 Å². The molecule has 1 amide bonds. The van der Waals surface area contributed by atoms with Gasteiger partial charge in [0.1, 0.15) is 0 Å². The number of carbonyl (C=O) groups excluding carboxylic acids is 1. The standard InChI is InChI=1S/C20H22N2O/c1-2-15(16-8-4-3-5-9-16)13-22-20(23)12-17-14-21-19-11-7-6-10-18(17)19/h3-11,14-15,21H,2,12-13H2,1H3,(H,22,23). The Bertz CT molecular complexity index is 776. The van der Waals surface area contributed by atoms with Gasteiger partial charge in [0, 0.05) is 29.6 Å². The van der Waals surface area contributed by atoms with E-state index in [0.29, 0.717) is 18.9 Å². The lowest BCUT2D eigenvalue weighted by Crippen LogP contribution is -2.29. The Morgan fingerprint density at radius 2 is 1.83 bits per heavy atom. The fraction of sp³-hybridized carbons (Fsp3) is 0.250. The summed E-state index contributed by atoms with van der Waals surface area (Å²) in [4.78, 5) is 15.5. The van der Waals surface area contributed by atoms with Gasteiger partial charge in [0.25, 0.3) is 0 Å². The minimum absolute atomic E-state index is 0.0733. The van der Waals surface area contributed by atoms with Gasteiger partial charge >= 0.3 is 0 Å². The van der Waals surface area contributed by atoms with Crippen molar-refractivity contribution in [1.29, 1.82) is 0 Å². The molecule has 23 heavy (non-hydrogen) atoms. The molecule has 1 unspecified atom stereocenters. The van der Waals surface area contributed by atoms with Crippen molar-refractivity contribution < 1.29 is 4.79 Å². The Kier molecular flexibility index (Phi) is 4.77. The average molecular weight is 306 g/mol. The molecule has 0 aliphatic heterocycles. The van der Waals surface area contributed by atoms with Crippen LogP contribution in [-0.4, -0.2) is 17.4 Å². The molecule has 2 N–H and O–H groups in total. The number of H-pyrrole nitrogens is 1. The van der Waals surface area contributed by atoms with Crippen LogP contribution in [0.3, 0.4) is 0 Å². The Labute approximate surface area is 136 Å². The molecule has 1 heterocycles. The van der Waals surface area contributed by atoms with Gasteiger partial charge in [0.15, 0.2) is 0 Å². The molecule has 1 atom stereocenters. The monoisotopic (exact) mass is 306 g/mol. The SMILES string of the molecule is CCC(CNC(=O)Cc1c[nH]c2ccccc12)c1ccccc1. The van der Waals surface area contributed by atoms with E-state index in [9.17, 15) is 4.79 Å². The molecule has 0 saturated heterocycles. The van der Waals surface area contributed by atoms with Crippen molar-refractivity contribution in [2.24, 2.45) is 0 Å². The molecule has 2 aromatic carbocycles. The largest absolute Gasteiger partial charge is 0.361 e. The number of carbonyl (C=O) groups is 1. The van der Waals surface area contributed by atoms with Crippen LogP contribution >= 0.6 is 0 Å². The summed E-state index contributed by atoms with van der Waals surface area (Å²) < 4.78 is 0. The van der Waals surface area contributed by atoms with Crippen molar-refractivity contribution in [2.45, 2.75) is 25.7 Å². The van der Waals surface area contributed by atoms with Gasteiger partial charge < -0.3 is 10.3 Å². The highest BCUT2D eigenvalue weighted by atomic mass is 16.1. The molecular weight excluding hydrogens is 284 g/mol. The number of rotatable bonds is 6. The smallest absolute Gasteiger partial charge is 0.224 e. The highest BCUT2D eigenvalue weighted by Gasteiger charge is 2.12. The predicted octanol–water partition coefficient (Wildman–Crippen LogP) is 4.02. The molecule has 0 bridgehead atoms. The summed E-state index contributed by atoms with van der Waals surface area (Å²) in [5.41, 5.74) is 3.40. The van der Waals surface area contributed by atoms with Gasteiger partial charge in [-0.25, -0.2) is 0 Å². The lowest BCUT2D eigenvalue weighted by Gasteiger charge is -2.16. The molecule has 0 saturated carbocycles. The molecule has 1 aromatic heterocycles. The highest BCUT2D eigenvalue weighted by molar-refractivity contribution is 5.88. The number of aromatic nitrogens is 1. The second kappa shape index (κ2) is 7.14. The number of hydrogen-bond donors (Lipinski definition) is 2. The van der Waals surface area contributed by atoms with Gasteiger partial charge in [-0.05, 0) is 23.6 Å². The quantitative estimate of drug-likeness (QED) is 0.710. The maximum absolute atomic E-state index is 12.3. The third-order valence-corrected chi connectivity index (χ3v) is 4.34. The Morgan fingerprint density at radius 1 is 1.09 bits per heavy atom. The van der Waals surface area contributed by atoms with Crippen LogP contribution in [0.15, 0.2) is 60.8 Å². The van der Waals surface area contributed by atoms with Crippen molar-refractivity contribution >= 4 is 16.8 Å². The predicted molar refractivity (Wildman–Crippen MR) is 94.5 cm³/mol. The summed E-state index contributed by atoms with van der Waals surface area (Å²) in [5.74, 6) is 0.437. The third kappa shape index (κ3) is 3.62. The van der Waals surface area contributed by atoms with Crippen molar-refractivity contribution in [3.63, 3.8) is 0 Å². The molecule has 3 heteroatoms. The molecule has 118 valence electrons. The van der Waals surface area contributed by atoms with Crippen molar-refractivity contribution in [2.75, 3.05) is 6.54 Å². The van der Waals surface area contributed by atoms with Crippen molar-refractivity contribution in [3.8, 4) is 0 Å². The third-order valence-electron chi connectivity index (χ3n) is 4.34. The summed E-state index contributed by atoms with van der Waals surface area (Å²) in [6, 6.07) is 18.4. The van der Waals surface area contributed by atoms with Gasteiger partial charge in [-0.1, -0.05) is 55.5 Å². The highest BCUT2D eigenvalue weighted by Crippen LogP contribution is 2.19. The fourth-order valence-corrected chi connectivity index (χ4v) is 2.97. The Morgan fingerprint density at radius 3 is 2.61 bits per heavy atom. The number of benzene rings is 2. The lowest BCUT2D eigenvalue weighted by atomic mass is 9.96. The van der Waals surface area contributed by atoms with Crippen LogP contribution in [0.2, 0.25) is 0 Å². The zero-order chi connectivity index (χ0) is 16.1. The molecule has 3 nitrogen and oxygen atoms in total. The molecule has 0 aliphatic carbocycles. The van der Waals surface area contributed by atoms with Gasteiger partial charge in [0.05, 0.1) is 6.42 Å². The minimum Gasteiger partial charge on any atom is -0.361 e. The minimum atomic E-state index is 0.0733. The van der Waals surface area contributed by atoms with Crippen LogP contribution in [0.5, 0.6) is 0 Å². The fourth-order valence-electron chi connectivity index (χ4n) is 2.97. The second-order valence-corrected chi connectivity index (χ2v) is 5.86. The van der Waals surface area contributed by atoms with Crippen LogP contribution in [0.1, 0.15) is 30.4 Å². The molecule has 3 rings (SSSR count). The number of fused-ring (bicyclic) bond motifs is 1. The summed E-state index contributed by atoms with van der Waals surface area (Å²) in [6.07, 6.45) is 3.35. The van der Waals surface area contributed by atoms with Crippen LogP contribution in [-0.2, 0) is 11.2 Å². The average Bonchev–Trinajstić information content (AvgIpc) is 2.99. The maximum Gasteiger partial charge on any atom is 0.224 e. The number of para-hydroxylation sites is 1. The Hall–Kier alpha value is -2.55. The van der Waals surface area contributed by atoms with Crippen LogP contribution < -0.4 is 5.32 Å². The second-order valence-electron chi connectivity index (χ2n) is 5.86. The zero-order valence-corrected chi connectivity index (χ0v) is 13.4. The van der Waals surface area contributed by atoms with Crippen LogP contribution in [0, 0.1) is 0 Å². The van der Waals surface area contributed by atoms with Crippen molar-refractivity contribution in [3.05, 3.63) is 71.9 Å². The van der Waals surface area contributed by atoms with E-state index in [1.807, 2.05) is 48.7 Å². The van der Waals surface area contributed by atoms with E-state index in [-0.39, 0.29) is 5.91 Å². The summed E-state index contributed by atoms with van der Waals surface area (Å²) >= 11 is 0. The first-order valence-corrected chi connectivity index (χ1v) is 8.14. The molecular formula is C20H22N2O. The first kappa shape index (κ1) is 15.3. The van der Waals surface area contributed by atoms with E-state index < -0.39 is 0 Å². The lowest BCUT2D eigenvalue weighted by molar-refractivity contribution is -0.120. The van der Waals surface area contributed by atoms with E-state index in [1.165, 1.54) is 5.56 Å². The topological polar surface area (TPSA) is 44.9 Å². The van der Waals surface area contributed by atoms with E-state index in [2.05, 4.69) is 29.4 Å². The van der Waals surface area contributed by atoms with E-state index in [0.717, 1.165) is 22.9 Å². The van der Waals surface area contributed by atoms with E-state index >= 15 is 0 Å². The number of nitrogens with one attached hydrogen (secondary N) is 2. The number of hydrogen-bond acceptors (Lipinski definition) is 1. The van der Waals surface area contributed by atoms with Crippen LogP contribution in [0.4, 0.5) is 0 Å². The van der Waals surface area contributed by atoms with Gasteiger partial charge in [-0.2, -0.15) is 0 Å². The first-order valence-electron chi connectivity index (χ1n) is 8.14. The normalized spacial score (nSPS) is 12.2. The summed E-state index contributed by atoms with van der Waals surface area (Å²) in [7, 11) is 0. The van der Waals surface area contributed by atoms with Crippen LogP contribution in [0.25, 0.3) is 10.9 Å². The van der Waals surface area contributed by atoms with E-state index in [4.69, 9.17) is 0 Å². The number of aromatic amines is 1. The number of amides is 1. The van der Waals surface area contributed by atoms with E-state index in [1.54, 1.807) is 0 Å². The zero-order valence-electron chi connectivity index (χ0n) is 13.4. The van der Waals surface area contributed by atoms with Crippen molar-refractivity contribution in [1.82, 2.24) is 10.3 Å². The van der Waals surface area contributed by atoms with Gasteiger partial charge in [-0.15, -0.1) is 0 Å². The van der Waals surface area contributed by atoms with Gasteiger partial charge in [-0.3, -0.25) is 4.79 Å². The molecule has 3 aromatic rings. The maximum atomic E-state index is 12.3.